The molecule has 2 saturated heterocycles. The van der Waals surface area contributed by atoms with Crippen molar-refractivity contribution in [2.45, 2.75) is 44.2 Å². The van der Waals surface area contributed by atoms with Crippen molar-refractivity contribution in [3.8, 4) is 0 Å². The molecule has 3 rings (SSSR count). The van der Waals surface area contributed by atoms with Gasteiger partial charge in [0.15, 0.2) is 0 Å². The summed E-state index contributed by atoms with van der Waals surface area (Å²) in [7, 11) is 0. The van der Waals surface area contributed by atoms with Gasteiger partial charge in [-0.1, -0.05) is 0 Å². The van der Waals surface area contributed by atoms with Crippen LogP contribution in [0.15, 0.2) is 12.3 Å². The molecule has 142 valence electrons. The summed E-state index contributed by atoms with van der Waals surface area (Å²) in [6.07, 6.45) is 7.24. The van der Waals surface area contributed by atoms with E-state index in [1.165, 1.54) is 0 Å². The molecular formula is C17H29ClN4O3. The van der Waals surface area contributed by atoms with Gasteiger partial charge in [0.2, 0.25) is 0 Å². The van der Waals surface area contributed by atoms with Gasteiger partial charge in [-0.3, -0.25) is 9.48 Å². The van der Waals surface area contributed by atoms with Gasteiger partial charge in [-0.15, -0.1) is 12.4 Å². The molecule has 1 aromatic rings. The number of hydrogen-bond donors (Lipinski definition) is 2. The van der Waals surface area contributed by atoms with Crippen LogP contribution in [0.1, 0.15) is 48.6 Å². The van der Waals surface area contributed by atoms with Crippen molar-refractivity contribution in [2.24, 2.45) is 0 Å². The normalized spacial score (nSPS) is 21.5. The van der Waals surface area contributed by atoms with Crippen molar-refractivity contribution in [1.29, 1.82) is 0 Å². The minimum Gasteiger partial charge on any atom is -0.381 e. The zero-order valence-corrected chi connectivity index (χ0v) is 15.4. The third-order valence-electron chi connectivity index (χ3n) is 4.61. The number of nitrogens with zero attached hydrogens (tertiary/aromatic N) is 2. The summed E-state index contributed by atoms with van der Waals surface area (Å²) in [6.45, 7) is 4.86. The van der Waals surface area contributed by atoms with Crippen LogP contribution in [0.3, 0.4) is 0 Å². The first-order valence-electron chi connectivity index (χ1n) is 9.06. The van der Waals surface area contributed by atoms with Gasteiger partial charge in [-0.2, -0.15) is 5.10 Å². The van der Waals surface area contributed by atoms with E-state index in [0.29, 0.717) is 31.0 Å². The molecule has 0 spiro atoms. The Bertz CT molecular complexity index is 514. The maximum atomic E-state index is 12.1. The lowest BCUT2D eigenvalue weighted by Crippen LogP contribution is -2.32. The highest BCUT2D eigenvalue weighted by atomic mass is 35.5. The van der Waals surface area contributed by atoms with Gasteiger partial charge in [0, 0.05) is 39.1 Å². The first-order valence-corrected chi connectivity index (χ1v) is 9.06. The van der Waals surface area contributed by atoms with Gasteiger partial charge in [0.05, 0.1) is 12.1 Å². The van der Waals surface area contributed by atoms with Gasteiger partial charge in [-0.05, 0) is 44.7 Å². The van der Waals surface area contributed by atoms with E-state index in [0.717, 1.165) is 58.4 Å². The third-order valence-corrected chi connectivity index (χ3v) is 4.61. The van der Waals surface area contributed by atoms with E-state index in [4.69, 9.17) is 9.47 Å². The molecule has 0 saturated carbocycles. The summed E-state index contributed by atoms with van der Waals surface area (Å²) in [5, 5.41) is 10.7. The van der Waals surface area contributed by atoms with Crippen molar-refractivity contribution >= 4 is 18.3 Å². The maximum absolute atomic E-state index is 12.1. The highest BCUT2D eigenvalue weighted by molar-refractivity contribution is 5.92. The second-order valence-electron chi connectivity index (χ2n) is 6.47. The van der Waals surface area contributed by atoms with Crippen molar-refractivity contribution in [1.82, 2.24) is 20.4 Å². The van der Waals surface area contributed by atoms with E-state index in [1.807, 2.05) is 10.9 Å². The van der Waals surface area contributed by atoms with Crippen LogP contribution in [-0.4, -0.2) is 61.2 Å². The fraction of sp³-hybridized carbons (Fsp3) is 0.765. The smallest absolute Gasteiger partial charge is 0.271 e. The molecule has 0 aromatic carbocycles. The van der Waals surface area contributed by atoms with E-state index in [2.05, 4.69) is 15.7 Å². The van der Waals surface area contributed by atoms with Gasteiger partial charge in [0.25, 0.3) is 5.91 Å². The number of rotatable bonds is 7. The fourth-order valence-electron chi connectivity index (χ4n) is 3.18. The molecule has 1 amide bonds. The molecule has 1 aromatic heterocycles. The van der Waals surface area contributed by atoms with Gasteiger partial charge in [-0.25, -0.2) is 0 Å². The summed E-state index contributed by atoms with van der Waals surface area (Å²) in [6, 6.07) is 2.15. The Balaban J connectivity index is 0.00000225. The molecule has 8 heteroatoms. The Kier molecular flexibility index (Phi) is 8.67. The number of hydrogen-bond acceptors (Lipinski definition) is 5. The molecule has 2 fully saturated rings. The largest absolute Gasteiger partial charge is 0.381 e. The van der Waals surface area contributed by atoms with Crippen LogP contribution >= 0.6 is 12.4 Å². The van der Waals surface area contributed by atoms with Crippen LogP contribution in [0.2, 0.25) is 0 Å². The van der Waals surface area contributed by atoms with Crippen LogP contribution in [0.25, 0.3) is 0 Å². The summed E-state index contributed by atoms with van der Waals surface area (Å²) in [5.41, 5.74) is 0.492. The number of halogens is 1. The number of aromatic nitrogens is 2. The zero-order valence-electron chi connectivity index (χ0n) is 14.6. The second kappa shape index (κ2) is 10.8. The molecule has 0 aliphatic carbocycles. The number of carbonyl (C=O) groups is 1. The molecule has 2 N–H and O–H groups in total. The van der Waals surface area contributed by atoms with Crippen LogP contribution in [0.4, 0.5) is 0 Å². The Morgan fingerprint density at radius 1 is 1.40 bits per heavy atom. The fourth-order valence-corrected chi connectivity index (χ4v) is 3.18. The lowest BCUT2D eigenvalue weighted by molar-refractivity contribution is -0.0321. The van der Waals surface area contributed by atoms with Crippen molar-refractivity contribution in [2.75, 3.05) is 39.5 Å². The van der Waals surface area contributed by atoms with E-state index >= 15 is 0 Å². The molecule has 0 radical (unpaired) electrons. The molecule has 25 heavy (non-hydrogen) atoms. The van der Waals surface area contributed by atoms with Crippen molar-refractivity contribution in [3.05, 3.63) is 18.0 Å². The molecule has 1 unspecified atom stereocenters. The summed E-state index contributed by atoms with van der Waals surface area (Å²) < 4.78 is 13.0. The molecule has 3 heterocycles. The van der Waals surface area contributed by atoms with E-state index in [1.54, 1.807) is 6.07 Å². The Morgan fingerprint density at radius 3 is 3.00 bits per heavy atom. The minimum absolute atomic E-state index is 0. The predicted molar refractivity (Wildman–Crippen MR) is 97.4 cm³/mol. The van der Waals surface area contributed by atoms with E-state index < -0.39 is 0 Å². The molecule has 0 bridgehead atoms. The Hall–Kier alpha value is -1.15. The maximum Gasteiger partial charge on any atom is 0.271 e. The number of piperidine rings is 1. The SMILES string of the molecule is Cl.O=C(NCCCOC1CCOCC1)c1ccn(C2CCCNC2)n1. The highest BCUT2D eigenvalue weighted by Crippen LogP contribution is 2.15. The van der Waals surface area contributed by atoms with E-state index in [-0.39, 0.29) is 18.3 Å². The van der Waals surface area contributed by atoms with Crippen LogP contribution in [0.5, 0.6) is 0 Å². The van der Waals surface area contributed by atoms with Crippen molar-refractivity contribution in [3.63, 3.8) is 0 Å². The number of nitrogens with one attached hydrogen (secondary N) is 2. The average molecular weight is 373 g/mol. The molecule has 2 aliphatic heterocycles. The summed E-state index contributed by atoms with van der Waals surface area (Å²) in [5.74, 6) is -0.108. The minimum atomic E-state index is -0.108. The monoisotopic (exact) mass is 372 g/mol. The Morgan fingerprint density at radius 2 is 2.24 bits per heavy atom. The van der Waals surface area contributed by atoms with Crippen LogP contribution < -0.4 is 10.6 Å². The van der Waals surface area contributed by atoms with Crippen LogP contribution in [-0.2, 0) is 9.47 Å². The van der Waals surface area contributed by atoms with Gasteiger partial charge in [0.1, 0.15) is 5.69 Å². The standard InChI is InChI=1S/C17H28N4O3.ClH/c22-17(19-8-2-10-24-15-5-11-23-12-6-15)16-4-9-21(20-16)14-3-1-7-18-13-14;/h4,9,14-15,18H,1-3,5-8,10-13H2,(H,19,22);1H. The highest BCUT2D eigenvalue weighted by Gasteiger charge is 2.17. The zero-order chi connectivity index (χ0) is 16.6. The Labute approximate surface area is 155 Å². The molecular weight excluding hydrogens is 344 g/mol. The lowest BCUT2D eigenvalue weighted by atomic mass is 10.1. The number of carbonyl (C=O) groups excluding carboxylic acids is 1. The predicted octanol–water partition coefficient (Wildman–Crippen LogP) is 1.54. The van der Waals surface area contributed by atoms with Crippen LogP contribution in [0, 0.1) is 0 Å². The summed E-state index contributed by atoms with van der Waals surface area (Å²) >= 11 is 0. The lowest BCUT2D eigenvalue weighted by Gasteiger charge is -2.22. The topological polar surface area (TPSA) is 77.4 Å². The quantitative estimate of drug-likeness (QED) is 0.710. The van der Waals surface area contributed by atoms with E-state index in [9.17, 15) is 4.79 Å². The first-order chi connectivity index (χ1) is 11.8. The number of amides is 1. The van der Waals surface area contributed by atoms with Gasteiger partial charge >= 0.3 is 0 Å². The third kappa shape index (κ3) is 6.26. The number of ether oxygens (including phenoxy) is 2. The average Bonchev–Trinajstić information content (AvgIpc) is 3.13. The van der Waals surface area contributed by atoms with Crippen molar-refractivity contribution < 1.29 is 14.3 Å². The molecule has 2 aliphatic rings. The molecule has 7 nitrogen and oxygen atoms in total. The first kappa shape index (κ1) is 20.2. The summed E-state index contributed by atoms with van der Waals surface area (Å²) in [4.78, 5) is 12.1. The van der Waals surface area contributed by atoms with Gasteiger partial charge < -0.3 is 20.1 Å². The second-order valence-corrected chi connectivity index (χ2v) is 6.47. The molecule has 1 atom stereocenters.